The van der Waals surface area contributed by atoms with E-state index in [-0.39, 0.29) is 43.5 Å². The van der Waals surface area contributed by atoms with Crippen molar-refractivity contribution in [2.24, 2.45) is 5.92 Å². The molecule has 0 spiro atoms. The van der Waals surface area contributed by atoms with Crippen molar-refractivity contribution in [3.05, 3.63) is 64.7 Å². The average Bonchev–Trinajstić information content (AvgIpc) is 3.23. The molecule has 1 aliphatic carbocycles. The maximum absolute atomic E-state index is 13.5. The van der Waals surface area contributed by atoms with E-state index in [1.54, 1.807) is 0 Å². The summed E-state index contributed by atoms with van der Waals surface area (Å²) >= 11 is 0. The van der Waals surface area contributed by atoms with Crippen LogP contribution < -0.4 is 5.32 Å². The second-order valence-corrected chi connectivity index (χ2v) is 13.1. The van der Waals surface area contributed by atoms with Gasteiger partial charge in [0.2, 0.25) is 10.0 Å². The van der Waals surface area contributed by atoms with Gasteiger partial charge < -0.3 is 15.5 Å². The molecule has 0 fully saturated rings. The molecule has 2 aromatic rings. The molecule has 3 rings (SSSR count). The first-order valence-corrected chi connectivity index (χ1v) is 14.4. The van der Waals surface area contributed by atoms with E-state index in [9.17, 15) is 31.5 Å². The largest absolute Gasteiger partial charge is 0.481 e. The van der Waals surface area contributed by atoms with Gasteiger partial charge in [-0.1, -0.05) is 24.3 Å². The van der Waals surface area contributed by atoms with Gasteiger partial charge in [0.05, 0.1) is 16.6 Å². The molecular formula is C28H37F3N2O5S. The molecular weight excluding hydrogens is 533 g/mol. The van der Waals surface area contributed by atoms with Gasteiger partial charge in [-0.2, -0.15) is 17.5 Å². The molecule has 2 aromatic carbocycles. The molecule has 0 saturated carbocycles. The van der Waals surface area contributed by atoms with Gasteiger partial charge in [0.15, 0.2) is 0 Å². The fourth-order valence-electron chi connectivity index (χ4n) is 5.18. The van der Waals surface area contributed by atoms with Gasteiger partial charge in [-0.3, -0.25) is 4.79 Å². The van der Waals surface area contributed by atoms with E-state index in [4.69, 9.17) is 5.11 Å². The lowest BCUT2D eigenvalue weighted by Crippen LogP contribution is -2.47. The third-order valence-corrected chi connectivity index (χ3v) is 8.88. The molecule has 0 heterocycles. The highest BCUT2D eigenvalue weighted by Gasteiger charge is 2.34. The monoisotopic (exact) mass is 570 g/mol. The van der Waals surface area contributed by atoms with Crippen LogP contribution in [0.25, 0.3) is 0 Å². The zero-order valence-electron chi connectivity index (χ0n) is 22.5. The number of carbonyl (C=O) groups is 1. The summed E-state index contributed by atoms with van der Waals surface area (Å²) in [5.74, 6) is -0.635. The van der Waals surface area contributed by atoms with Crippen LogP contribution in [0.5, 0.6) is 0 Å². The molecule has 11 heteroatoms. The van der Waals surface area contributed by atoms with Crippen LogP contribution in [0.15, 0.2) is 47.4 Å². The molecule has 7 nitrogen and oxygen atoms in total. The molecule has 0 aromatic heterocycles. The van der Waals surface area contributed by atoms with Crippen LogP contribution in [0.1, 0.15) is 55.4 Å². The van der Waals surface area contributed by atoms with Gasteiger partial charge in [0.25, 0.3) is 0 Å². The topological polar surface area (TPSA) is 107 Å². The van der Waals surface area contributed by atoms with Gasteiger partial charge in [-0.15, -0.1) is 0 Å². The number of halogens is 3. The van der Waals surface area contributed by atoms with Crippen molar-refractivity contribution in [2.45, 2.75) is 75.1 Å². The molecule has 0 aliphatic heterocycles. The smallest absolute Gasteiger partial charge is 0.416 e. The number of hydrogen-bond donors (Lipinski definition) is 3. The Labute approximate surface area is 228 Å². The Morgan fingerprint density at radius 1 is 1.13 bits per heavy atom. The number of alkyl halides is 3. The van der Waals surface area contributed by atoms with Crippen LogP contribution in [0.4, 0.5) is 13.2 Å². The van der Waals surface area contributed by atoms with E-state index >= 15 is 0 Å². The van der Waals surface area contributed by atoms with Crippen LogP contribution >= 0.6 is 0 Å². The molecule has 0 radical (unpaired) electrons. The standard InChI is InChI=1S/C28H37F3N2O5S/c1-27(2,16-20-11-21-8-4-5-9-22(21)12-20)32-17-24(34)18-33(3)39(37,38)25-14-19(7-6-10-26(35)36)13-23(15-25)28(29,30)31/h4-5,8-9,13-15,20,24,32,34H,6-7,10-12,16-18H2,1-3H3,(H,35,36). The molecule has 216 valence electrons. The Kier molecular flexibility index (Phi) is 9.85. The molecule has 39 heavy (non-hydrogen) atoms. The second kappa shape index (κ2) is 12.4. The lowest BCUT2D eigenvalue weighted by Gasteiger charge is -2.31. The molecule has 0 amide bonds. The van der Waals surface area contributed by atoms with E-state index < -0.39 is 38.7 Å². The average molecular weight is 571 g/mol. The van der Waals surface area contributed by atoms with Crippen molar-refractivity contribution in [3.8, 4) is 0 Å². The quantitative estimate of drug-likeness (QED) is 0.332. The SMILES string of the molecule is CN(CC(O)CNC(C)(C)CC1Cc2ccccc2C1)S(=O)(=O)c1cc(CCCC(=O)O)cc(C(F)(F)F)c1. The highest BCUT2D eigenvalue weighted by molar-refractivity contribution is 7.89. The number of hydrogen-bond acceptors (Lipinski definition) is 5. The second-order valence-electron chi connectivity index (χ2n) is 11.1. The molecule has 1 atom stereocenters. The van der Waals surface area contributed by atoms with Crippen molar-refractivity contribution in [1.29, 1.82) is 0 Å². The summed E-state index contributed by atoms with van der Waals surface area (Å²) in [5.41, 5.74) is 1.34. The lowest BCUT2D eigenvalue weighted by molar-refractivity contribution is -0.138. The van der Waals surface area contributed by atoms with Crippen LogP contribution in [0.3, 0.4) is 0 Å². The predicted octanol–water partition coefficient (Wildman–Crippen LogP) is 4.27. The number of likely N-dealkylation sites (N-methyl/N-ethyl adjacent to an activating group) is 1. The molecule has 0 saturated heterocycles. The van der Waals surface area contributed by atoms with Crippen molar-refractivity contribution in [3.63, 3.8) is 0 Å². The van der Waals surface area contributed by atoms with Crippen LogP contribution in [-0.2, 0) is 40.3 Å². The Bertz CT molecular complexity index is 1240. The van der Waals surface area contributed by atoms with Gasteiger partial charge >= 0.3 is 12.1 Å². The number of nitrogens with one attached hydrogen (secondary N) is 1. The van der Waals surface area contributed by atoms with Gasteiger partial charge in [-0.05, 0) is 86.8 Å². The van der Waals surface area contributed by atoms with Crippen molar-refractivity contribution in [2.75, 3.05) is 20.1 Å². The Morgan fingerprint density at radius 3 is 2.31 bits per heavy atom. The van der Waals surface area contributed by atoms with Crippen molar-refractivity contribution in [1.82, 2.24) is 9.62 Å². The summed E-state index contributed by atoms with van der Waals surface area (Å²) in [7, 11) is -3.14. The van der Waals surface area contributed by atoms with Crippen LogP contribution in [0.2, 0.25) is 0 Å². The number of nitrogens with zero attached hydrogens (tertiary/aromatic N) is 1. The molecule has 3 N–H and O–H groups in total. The number of fused-ring (bicyclic) bond motifs is 1. The number of carboxylic acid groups (broad SMARTS) is 1. The first kappa shape index (κ1) is 31.1. The van der Waals surface area contributed by atoms with Crippen molar-refractivity contribution < 1.29 is 36.6 Å². The summed E-state index contributed by atoms with van der Waals surface area (Å²) in [5, 5.41) is 22.7. The molecule has 1 aliphatic rings. The highest BCUT2D eigenvalue weighted by Crippen LogP contribution is 2.33. The fraction of sp³-hybridized carbons (Fsp3) is 0.536. The van der Waals surface area contributed by atoms with Gasteiger partial charge in [0, 0.05) is 32.1 Å². The summed E-state index contributed by atoms with van der Waals surface area (Å²) < 4.78 is 67.6. The summed E-state index contributed by atoms with van der Waals surface area (Å²) in [6.07, 6.45) is -3.24. The number of β-amino-alcohol motifs (C(OH)–C–C–N with tert-alkyl or cyclic N) is 1. The summed E-state index contributed by atoms with van der Waals surface area (Å²) in [6.45, 7) is 3.84. The zero-order chi connectivity index (χ0) is 29.0. The number of aliphatic hydroxyl groups is 1. The van der Waals surface area contributed by atoms with Gasteiger partial charge in [-0.25, -0.2) is 8.42 Å². The Morgan fingerprint density at radius 2 is 1.74 bits per heavy atom. The maximum atomic E-state index is 13.5. The lowest BCUT2D eigenvalue weighted by atomic mass is 9.88. The summed E-state index contributed by atoms with van der Waals surface area (Å²) in [4.78, 5) is 10.2. The molecule has 0 bridgehead atoms. The van der Waals surface area contributed by atoms with Gasteiger partial charge in [0.1, 0.15) is 0 Å². The van der Waals surface area contributed by atoms with E-state index in [0.29, 0.717) is 12.0 Å². The van der Waals surface area contributed by atoms with E-state index in [2.05, 4.69) is 17.4 Å². The minimum absolute atomic E-state index is 0.0177. The zero-order valence-corrected chi connectivity index (χ0v) is 23.3. The number of rotatable bonds is 13. The molecule has 1 unspecified atom stereocenters. The minimum atomic E-state index is -4.78. The van der Waals surface area contributed by atoms with Crippen LogP contribution in [0, 0.1) is 5.92 Å². The third-order valence-electron chi connectivity index (χ3n) is 7.08. The number of sulfonamides is 1. The first-order valence-electron chi connectivity index (χ1n) is 13.0. The number of aryl methyl sites for hydroxylation is 1. The van der Waals surface area contributed by atoms with E-state index in [1.165, 1.54) is 18.2 Å². The number of carboxylic acids is 1. The van der Waals surface area contributed by atoms with E-state index in [0.717, 1.165) is 35.7 Å². The fourth-order valence-corrected chi connectivity index (χ4v) is 6.49. The Hall–Kier alpha value is -2.47. The first-order chi connectivity index (χ1) is 18.1. The third kappa shape index (κ3) is 8.76. The minimum Gasteiger partial charge on any atom is -0.481 e. The number of aliphatic carboxylic acids is 1. The Balaban J connectivity index is 1.62. The van der Waals surface area contributed by atoms with Crippen molar-refractivity contribution >= 4 is 16.0 Å². The number of aliphatic hydroxyl groups excluding tert-OH is 1. The maximum Gasteiger partial charge on any atom is 0.416 e. The van der Waals surface area contributed by atoms with E-state index in [1.807, 2.05) is 26.0 Å². The highest BCUT2D eigenvalue weighted by atomic mass is 32.2. The van der Waals surface area contributed by atoms with Crippen LogP contribution in [-0.4, -0.2) is 60.7 Å². The normalized spacial score (nSPS) is 15.5. The summed E-state index contributed by atoms with van der Waals surface area (Å²) in [6, 6.07) is 10.9. The predicted molar refractivity (Wildman–Crippen MR) is 142 cm³/mol. The number of benzene rings is 2.